The van der Waals surface area contributed by atoms with E-state index in [1.54, 1.807) is 29.5 Å². The SMILES string of the molecule is Cc1nc(Nc2ccc(F)c(Cl)c2)c2c(-c3ccc(F)cc3)c(C)sc2n1. The summed E-state index contributed by atoms with van der Waals surface area (Å²) in [4.78, 5) is 11.0. The summed E-state index contributed by atoms with van der Waals surface area (Å²) in [5, 5.41) is 4.09. The molecule has 0 atom stereocenters. The third kappa shape index (κ3) is 3.38. The predicted octanol–water partition coefficient (Wildman–Crippen LogP) is 6.65. The highest BCUT2D eigenvalue weighted by Crippen LogP contribution is 2.41. The van der Waals surface area contributed by atoms with Gasteiger partial charge in [0.1, 0.15) is 28.1 Å². The van der Waals surface area contributed by atoms with E-state index in [2.05, 4.69) is 15.3 Å². The van der Waals surface area contributed by atoms with Crippen molar-refractivity contribution in [3.8, 4) is 11.1 Å². The number of thiophene rings is 1. The number of aryl methyl sites for hydroxylation is 2. The molecule has 0 radical (unpaired) electrons. The Hall–Kier alpha value is -2.57. The van der Waals surface area contributed by atoms with Gasteiger partial charge in [-0.3, -0.25) is 0 Å². The molecule has 136 valence electrons. The van der Waals surface area contributed by atoms with Crippen molar-refractivity contribution >= 4 is 44.7 Å². The van der Waals surface area contributed by atoms with Crippen molar-refractivity contribution < 1.29 is 8.78 Å². The van der Waals surface area contributed by atoms with E-state index in [0.29, 0.717) is 17.3 Å². The van der Waals surface area contributed by atoms with E-state index in [-0.39, 0.29) is 10.8 Å². The number of benzene rings is 2. The first-order valence-corrected chi connectivity index (χ1v) is 9.37. The zero-order valence-electron chi connectivity index (χ0n) is 14.5. The van der Waals surface area contributed by atoms with Crippen LogP contribution < -0.4 is 5.32 Å². The van der Waals surface area contributed by atoms with E-state index in [1.165, 1.54) is 24.3 Å². The summed E-state index contributed by atoms with van der Waals surface area (Å²) < 4.78 is 26.8. The number of nitrogens with zero attached hydrogens (tertiary/aromatic N) is 2. The van der Waals surface area contributed by atoms with Crippen molar-refractivity contribution in [2.24, 2.45) is 0 Å². The molecule has 2 aromatic carbocycles. The van der Waals surface area contributed by atoms with Crippen LogP contribution in [0.4, 0.5) is 20.3 Å². The fourth-order valence-corrected chi connectivity index (χ4v) is 4.25. The predicted molar refractivity (Wildman–Crippen MR) is 107 cm³/mol. The van der Waals surface area contributed by atoms with Crippen molar-refractivity contribution in [3.05, 3.63) is 69.8 Å². The monoisotopic (exact) mass is 401 g/mol. The Balaban J connectivity index is 1.91. The zero-order chi connectivity index (χ0) is 19.1. The van der Waals surface area contributed by atoms with Crippen LogP contribution in [0.5, 0.6) is 0 Å². The molecule has 0 saturated carbocycles. The van der Waals surface area contributed by atoms with E-state index < -0.39 is 5.82 Å². The van der Waals surface area contributed by atoms with E-state index in [1.807, 2.05) is 13.8 Å². The molecule has 0 unspecified atom stereocenters. The molecule has 4 rings (SSSR count). The first-order valence-electron chi connectivity index (χ1n) is 8.18. The van der Waals surface area contributed by atoms with Gasteiger partial charge < -0.3 is 5.32 Å². The van der Waals surface area contributed by atoms with Gasteiger partial charge in [-0.15, -0.1) is 11.3 Å². The minimum Gasteiger partial charge on any atom is -0.340 e. The topological polar surface area (TPSA) is 37.8 Å². The van der Waals surface area contributed by atoms with Crippen molar-refractivity contribution in [1.82, 2.24) is 9.97 Å². The van der Waals surface area contributed by atoms with Crippen molar-refractivity contribution in [2.75, 3.05) is 5.32 Å². The Labute approximate surface area is 163 Å². The molecular formula is C20H14ClF2N3S. The van der Waals surface area contributed by atoms with Gasteiger partial charge in [-0.2, -0.15) is 0 Å². The number of fused-ring (bicyclic) bond motifs is 1. The average Bonchev–Trinajstić information content (AvgIpc) is 2.95. The molecule has 0 saturated heterocycles. The lowest BCUT2D eigenvalue weighted by Gasteiger charge is -2.11. The van der Waals surface area contributed by atoms with E-state index >= 15 is 0 Å². The molecule has 7 heteroatoms. The Morgan fingerprint density at radius 3 is 2.44 bits per heavy atom. The van der Waals surface area contributed by atoms with Crippen molar-refractivity contribution in [3.63, 3.8) is 0 Å². The average molecular weight is 402 g/mol. The molecular weight excluding hydrogens is 388 g/mol. The summed E-state index contributed by atoms with van der Waals surface area (Å²) in [6.45, 7) is 3.81. The summed E-state index contributed by atoms with van der Waals surface area (Å²) >= 11 is 7.45. The fraction of sp³-hybridized carbons (Fsp3) is 0.100. The van der Waals surface area contributed by atoms with Crippen LogP contribution >= 0.6 is 22.9 Å². The number of anilines is 2. The molecule has 4 aromatic rings. The molecule has 0 aliphatic carbocycles. The van der Waals surface area contributed by atoms with E-state index in [0.717, 1.165) is 26.2 Å². The van der Waals surface area contributed by atoms with Crippen LogP contribution in [0.3, 0.4) is 0 Å². The summed E-state index contributed by atoms with van der Waals surface area (Å²) in [5.41, 5.74) is 2.45. The van der Waals surface area contributed by atoms with Gasteiger partial charge in [0.2, 0.25) is 0 Å². The Kier molecular flexibility index (Phi) is 4.53. The molecule has 0 bridgehead atoms. The molecule has 3 nitrogen and oxygen atoms in total. The van der Waals surface area contributed by atoms with Crippen LogP contribution in [0.15, 0.2) is 42.5 Å². The van der Waals surface area contributed by atoms with Gasteiger partial charge in [0, 0.05) is 16.1 Å². The van der Waals surface area contributed by atoms with Crippen LogP contribution in [0, 0.1) is 25.5 Å². The first kappa shape index (κ1) is 17.8. The molecule has 0 fully saturated rings. The molecule has 0 aliphatic heterocycles. The summed E-state index contributed by atoms with van der Waals surface area (Å²) in [6.07, 6.45) is 0. The summed E-state index contributed by atoms with van der Waals surface area (Å²) in [7, 11) is 0. The quantitative estimate of drug-likeness (QED) is 0.417. The summed E-state index contributed by atoms with van der Waals surface area (Å²) in [5.74, 6) is 0.445. The standard InChI is InChI=1S/C20H14ClF2N3S/c1-10-17(12-3-5-13(22)6-4-12)18-19(24-11(2)25-20(18)27-10)26-14-7-8-16(23)15(21)9-14/h3-9H,1-2H3,(H,24,25,26). The minimum atomic E-state index is -0.482. The lowest BCUT2D eigenvalue weighted by molar-refractivity contribution is 0.628. The molecule has 0 spiro atoms. The van der Waals surface area contributed by atoms with Crippen LogP contribution in [0.2, 0.25) is 5.02 Å². The van der Waals surface area contributed by atoms with E-state index in [9.17, 15) is 8.78 Å². The Morgan fingerprint density at radius 2 is 1.74 bits per heavy atom. The minimum absolute atomic E-state index is 0.0299. The molecule has 2 heterocycles. The van der Waals surface area contributed by atoms with Gasteiger partial charge in [-0.1, -0.05) is 23.7 Å². The second-order valence-electron chi connectivity index (χ2n) is 6.09. The number of rotatable bonds is 3. The van der Waals surface area contributed by atoms with Gasteiger partial charge in [0.25, 0.3) is 0 Å². The second-order valence-corrected chi connectivity index (χ2v) is 7.70. The third-order valence-corrected chi connectivity index (χ3v) is 5.44. The fourth-order valence-electron chi connectivity index (χ4n) is 2.98. The van der Waals surface area contributed by atoms with Gasteiger partial charge in [0.15, 0.2) is 0 Å². The van der Waals surface area contributed by atoms with Gasteiger partial charge in [0.05, 0.1) is 10.4 Å². The number of aromatic nitrogens is 2. The molecule has 27 heavy (non-hydrogen) atoms. The normalized spacial score (nSPS) is 11.1. The Morgan fingerprint density at radius 1 is 1.00 bits per heavy atom. The smallest absolute Gasteiger partial charge is 0.143 e. The number of nitrogens with one attached hydrogen (secondary N) is 1. The lowest BCUT2D eigenvalue weighted by atomic mass is 10.0. The highest BCUT2D eigenvalue weighted by atomic mass is 35.5. The maximum Gasteiger partial charge on any atom is 0.143 e. The number of hydrogen-bond donors (Lipinski definition) is 1. The van der Waals surface area contributed by atoms with Crippen molar-refractivity contribution in [2.45, 2.75) is 13.8 Å². The molecule has 2 aromatic heterocycles. The lowest BCUT2D eigenvalue weighted by Crippen LogP contribution is -1.99. The van der Waals surface area contributed by atoms with Gasteiger partial charge >= 0.3 is 0 Å². The van der Waals surface area contributed by atoms with Crippen LogP contribution in [-0.4, -0.2) is 9.97 Å². The molecule has 0 amide bonds. The second kappa shape index (κ2) is 6.87. The van der Waals surface area contributed by atoms with Crippen molar-refractivity contribution in [1.29, 1.82) is 0 Å². The van der Waals surface area contributed by atoms with E-state index in [4.69, 9.17) is 11.6 Å². The highest BCUT2D eigenvalue weighted by Gasteiger charge is 2.18. The highest BCUT2D eigenvalue weighted by molar-refractivity contribution is 7.19. The first-order chi connectivity index (χ1) is 12.9. The molecule has 0 aliphatic rings. The van der Waals surface area contributed by atoms with Crippen LogP contribution in [0.25, 0.3) is 21.3 Å². The summed E-state index contributed by atoms with van der Waals surface area (Å²) in [6, 6.07) is 10.7. The maximum absolute atomic E-state index is 13.5. The Bertz CT molecular complexity index is 1160. The maximum atomic E-state index is 13.5. The van der Waals surface area contributed by atoms with Gasteiger partial charge in [-0.25, -0.2) is 18.7 Å². The molecule has 1 N–H and O–H groups in total. The largest absolute Gasteiger partial charge is 0.340 e. The van der Waals surface area contributed by atoms with Crippen LogP contribution in [0.1, 0.15) is 10.7 Å². The number of halogens is 3. The van der Waals surface area contributed by atoms with Crippen LogP contribution in [-0.2, 0) is 0 Å². The number of hydrogen-bond acceptors (Lipinski definition) is 4. The zero-order valence-corrected chi connectivity index (χ0v) is 16.1. The van der Waals surface area contributed by atoms with Gasteiger partial charge in [-0.05, 0) is 49.7 Å². The third-order valence-electron chi connectivity index (χ3n) is 4.15.